The maximum atomic E-state index is 12.1. The fraction of sp³-hybridized carbons (Fsp3) is 0.125. The number of halogens is 1. The lowest BCUT2D eigenvalue weighted by atomic mass is 10.1. The topological polar surface area (TPSA) is 54.4 Å². The second kappa shape index (κ2) is 10.6. The Morgan fingerprint density at radius 1 is 1.10 bits per heavy atom. The molecular weight excluding hydrogens is 446 g/mol. The molecule has 1 heterocycles. The monoisotopic (exact) mass is 465 g/mol. The molecular formula is C24H20ClN3OS2. The lowest BCUT2D eigenvalue weighted by molar-refractivity contribution is -0.118. The molecule has 1 amide bonds. The van der Waals surface area contributed by atoms with E-state index >= 15 is 0 Å². The van der Waals surface area contributed by atoms with Gasteiger partial charge < -0.3 is 5.32 Å². The third kappa shape index (κ3) is 6.40. The molecule has 0 atom stereocenters. The Balaban J connectivity index is 1.30. The highest BCUT2D eigenvalue weighted by molar-refractivity contribution is 8.01. The molecule has 4 nitrogen and oxygen atoms in total. The Kier molecular flexibility index (Phi) is 7.35. The zero-order valence-electron chi connectivity index (χ0n) is 16.6. The van der Waals surface area contributed by atoms with Crippen LogP contribution in [0.4, 0.5) is 5.69 Å². The number of rotatable bonds is 8. The normalized spacial score (nSPS) is 11.3. The van der Waals surface area contributed by atoms with E-state index in [1.54, 1.807) is 11.3 Å². The molecule has 0 aliphatic heterocycles. The van der Waals surface area contributed by atoms with Crippen molar-refractivity contribution < 1.29 is 4.79 Å². The summed E-state index contributed by atoms with van der Waals surface area (Å²) in [6, 6.07) is 23.6. The summed E-state index contributed by atoms with van der Waals surface area (Å²) in [5.41, 5.74) is 3.99. The molecule has 4 aromatic rings. The van der Waals surface area contributed by atoms with E-state index in [0.717, 1.165) is 32.2 Å². The van der Waals surface area contributed by atoms with Crippen LogP contribution in [0.25, 0.3) is 10.2 Å². The summed E-state index contributed by atoms with van der Waals surface area (Å²) in [5.74, 6) is 0.379. The highest BCUT2D eigenvalue weighted by atomic mass is 35.5. The maximum Gasteiger partial charge on any atom is 0.230 e. The number of benzene rings is 3. The predicted molar refractivity (Wildman–Crippen MR) is 132 cm³/mol. The van der Waals surface area contributed by atoms with Crippen LogP contribution >= 0.6 is 34.7 Å². The molecule has 7 heteroatoms. The van der Waals surface area contributed by atoms with Gasteiger partial charge in [-0.15, -0.1) is 11.3 Å². The van der Waals surface area contributed by atoms with Gasteiger partial charge in [-0.05, 0) is 47.9 Å². The van der Waals surface area contributed by atoms with Crippen LogP contribution in [0, 0.1) is 0 Å². The first-order valence-corrected chi connectivity index (χ1v) is 12.0. The summed E-state index contributed by atoms with van der Waals surface area (Å²) in [6.07, 6.45) is 2.64. The highest BCUT2D eigenvalue weighted by Gasteiger charge is 2.08. The van der Waals surface area contributed by atoms with Crippen molar-refractivity contribution >= 4 is 62.7 Å². The molecule has 1 aromatic heterocycles. The quantitative estimate of drug-likeness (QED) is 0.251. The molecule has 1 N–H and O–H groups in total. The molecule has 4 rings (SSSR count). The molecule has 0 fully saturated rings. The van der Waals surface area contributed by atoms with Crippen molar-refractivity contribution in [1.82, 2.24) is 10.3 Å². The molecule has 156 valence electrons. The Bertz CT molecular complexity index is 1190. The number of aliphatic imine (C=N–C) groups is 1. The van der Waals surface area contributed by atoms with Crippen LogP contribution in [0.1, 0.15) is 11.1 Å². The summed E-state index contributed by atoms with van der Waals surface area (Å²) >= 11 is 8.96. The first-order valence-electron chi connectivity index (χ1n) is 9.79. The Morgan fingerprint density at radius 3 is 2.71 bits per heavy atom. The fourth-order valence-corrected chi connectivity index (χ4v) is 4.96. The Morgan fingerprint density at radius 2 is 1.90 bits per heavy atom. The van der Waals surface area contributed by atoms with Crippen molar-refractivity contribution in [1.29, 1.82) is 0 Å². The van der Waals surface area contributed by atoms with E-state index in [1.807, 2.05) is 66.9 Å². The second-order valence-electron chi connectivity index (χ2n) is 6.82. The Hall–Kier alpha value is -2.67. The highest BCUT2D eigenvalue weighted by Crippen LogP contribution is 2.31. The minimum Gasteiger partial charge on any atom is -0.355 e. The number of nitrogens with zero attached hydrogens (tertiary/aromatic N) is 2. The standard InChI is InChI=1S/C24H20ClN3OS2/c25-19-8-6-18(7-9-19)15-27-20-10-11-21-22(14-20)31-24(28-21)30-16-23(29)26-13-12-17-4-2-1-3-5-17/h1-11,14-15H,12-13,16H2,(H,26,29). The number of hydrogen-bond donors (Lipinski definition) is 1. The fourth-order valence-electron chi connectivity index (χ4n) is 2.90. The third-order valence-electron chi connectivity index (χ3n) is 4.49. The van der Waals surface area contributed by atoms with Crippen LogP contribution in [-0.2, 0) is 11.2 Å². The van der Waals surface area contributed by atoms with E-state index in [2.05, 4.69) is 27.4 Å². The van der Waals surface area contributed by atoms with Crippen molar-refractivity contribution in [3.05, 3.63) is 88.9 Å². The molecule has 0 aliphatic rings. The third-order valence-corrected chi connectivity index (χ3v) is 6.90. The second-order valence-corrected chi connectivity index (χ2v) is 9.51. The zero-order chi connectivity index (χ0) is 21.5. The van der Waals surface area contributed by atoms with Gasteiger partial charge >= 0.3 is 0 Å². The van der Waals surface area contributed by atoms with E-state index in [9.17, 15) is 4.79 Å². The SMILES string of the molecule is O=C(CSc1nc2ccc(N=Cc3ccc(Cl)cc3)cc2s1)NCCc1ccccc1. The molecule has 0 unspecified atom stereocenters. The van der Waals surface area contributed by atoms with Gasteiger partial charge in [-0.1, -0.05) is 65.8 Å². The van der Waals surface area contributed by atoms with E-state index in [-0.39, 0.29) is 5.91 Å². The summed E-state index contributed by atoms with van der Waals surface area (Å²) in [5, 5.41) is 3.68. The van der Waals surface area contributed by atoms with E-state index < -0.39 is 0 Å². The first kappa shape index (κ1) is 21.6. The number of amides is 1. The minimum atomic E-state index is 0.0217. The van der Waals surface area contributed by atoms with Crippen molar-refractivity contribution in [2.75, 3.05) is 12.3 Å². The summed E-state index contributed by atoms with van der Waals surface area (Å²) < 4.78 is 1.93. The average Bonchev–Trinajstić information content (AvgIpc) is 3.20. The predicted octanol–water partition coefficient (Wildman–Crippen LogP) is 6.15. The molecule has 0 saturated carbocycles. The van der Waals surface area contributed by atoms with Crippen LogP contribution in [-0.4, -0.2) is 29.4 Å². The number of fused-ring (bicyclic) bond motifs is 1. The molecule has 0 aliphatic carbocycles. The number of aromatic nitrogens is 1. The number of nitrogens with one attached hydrogen (secondary N) is 1. The van der Waals surface area contributed by atoms with Crippen LogP contribution in [0.3, 0.4) is 0 Å². The van der Waals surface area contributed by atoms with E-state index in [4.69, 9.17) is 11.6 Å². The van der Waals surface area contributed by atoms with Gasteiger partial charge in [-0.2, -0.15) is 0 Å². The van der Waals surface area contributed by atoms with Crippen LogP contribution in [0.2, 0.25) is 5.02 Å². The molecule has 3 aromatic carbocycles. The summed E-state index contributed by atoms with van der Waals surface area (Å²) in [4.78, 5) is 21.3. The first-order chi connectivity index (χ1) is 15.2. The zero-order valence-corrected chi connectivity index (χ0v) is 19.0. The van der Waals surface area contributed by atoms with E-state index in [1.165, 1.54) is 17.3 Å². The summed E-state index contributed by atoms with van der Waals surface area (Å²) in [7, 11) is 0. The molecule has 0 bridgehead atoms. The van der Waals surface area contributed by atoms with Gasteiger partial charge in [0.1, 0.15) is 0 Å². The van der Waals surface area contributed by atoms with Crippen molar-refractivity contribution in [2.45, 2.75) is 10.8 Å². The van der Waals surface area contributed by atoms with Gasteiger partial charge in [0.2, 0.25) is 5.91 Å². The van der Waals surface area contributed by atoms with Crippen molar-refractivity contribution in [2.24, 2.45) is 4.99 Å². The molecule has 31 heavy (non-hydrogen) atoms. The number of carbonyl (C=O) groups excluding carboxylic acids is 1. The van der Waals surface area contributed by atoms with Gasteiger partial charge in [0.25, 0.3) is 0 Å². The number of hydrogen-bond acceptors (Lipinski definition) is 5. The van der Waals surface area contributed by atoms with Crippen LogP contribution in [0.15, 0.2) is 82.1 Å². The largest absolute Gasteiger partial charge is 0.355 e. The van der Waals surface area contributed by atoms with E-state index in [0.29, 0.717) is 17.3 Å². The lowest BCUT2D eigenvalue weighted by Crippen LogP contribution is -2.27. The van der Waals surface area contributed by atoms with Crippen molar-refractivity contribution in [3.63, 3.8) is 0 Å². The van der Waals surface area contributed by atoms with Gasteiger partial charge in [-0.3, -0.25) is 9.79 Å². The van der Waals surface area contributed by atoms with Gasteiger partial charge in [0.05, 0.1) is 21.7 Å². The number of thiazole rings is 1. The van der Waals surface area contributed by atoms with Crippen LogP contribution in [0.5, 0.6) is 0 Å². The minimum absolute atomic E-state index is 0.0217. The van der Waals surface area contributed by atoms with Gasteiger partial charge in [0.15, 0.2) is 4.34 Å². The maximum absolute atomic E-state index is 12.1. The Labute approximate surface area is 194 Å². The average molecular weight is 466 g/mol. The number of carbonyl (C=O) groups is 1. The lowest BCUT2D eigenvalue weighted by Gasteiger charge is -2.04. The van der Waals surface area contributed by atoms with Gasteiger partial charge in [0, 0.05) is 17.8 Å². The molecule has 0 saturated heterocycles. The van der Waals surface area contributed by atoms with Crippen LogP contribution < -0.4 is 5.32 Å². The summed E-state index contributed by atoms with van der Waals surface area (Å²) in [6.45, 7) is 0.637. The number of thioether (sulfide) groups is 1. The molecule has 0 spiro atoms. The smallest absolute Gasteiger partial charge is 0.230 e. The molecule has 0 radical (unpaired) electrons. The van der Waals surface area contributed by atoms with Crippen molar-refractivity contribution in [3.8, 4) is 0 Å². The van der Waals surface area contributed by atoms with Gasteiger partial charge in [-0.25, -0.2) is 4.98 Å².